The number of thiophene rings is 1. The summed E-state index contributed by atoms with van der Waals surface area (Å²) in [6.45, 7) is 1.87. The van der Waals surface area contributed by atoms with Gasteiger partial charge >= 0.3 is 0 Å². The van der Waals surface area contributed by atoms with Crippen LogP contribution < -0.4 is 5.32 Å². The molecule has 0 saturated carbocycles. The van der Waals surface area contributed by atoms with E-state index in [9.17, 15) is 9.18 Å². The van der Waals surface area contributed by atoms with E-state index in [1.165, 1.54) is 12.4 Å². The van der Waals surface area contributed by atoms with E-state index in [2.05, 4.69) is 15.3 Å². The Kier molecular flexibility index (Phi) is 5.99. The number of carbonyl (C=O) groups is 1. The summed E-state index contributed by atoms with van der Waals surface area (Å²) in [6.07, 6.45) is 5.66. The highest BCUT2D eigenvalue weighted by Gasteiger charge is 2.25. The topological polar surface area (TPSA) is 61.4 Å². The second kappa shape index (κ2) is 8.67. The van der Waals surface area contributed by atoms with Gasteiger partial charge < -0.3 is 15.1 Å². The van der Waals surface area contributed by atoms with Gasteiger partial charge in [0.15, 0.2) is 5.82 Å². The fourth-order valence-corrected chi connectivity index (χ4v) is 4.79. The molecule has 30 heavy (non-hydrogen) atoms. The first-order valence-electron chi connectivity index (χ1n) is 9.50. The predicted octanol–water partition coefficient (Wildman–Crippen LogP) is 4.23. The molecule has 0 aliphatic carbocycles. The molecule has 1 N–H and O–H groups in total. The molecule has 156 valence electrons. The SMILES string of the molecule is CN(C)C/C=C/C(=O)N1CCc2c(sc3ncnc(Nc4cccc(Cl)c4F)c23)C1. The predicted molar refractivity (Wildman–Crippen MR) is 119 cm³/mol. The molecule has 1 aliphatic rings. The maximum atomic E-state index is 14.4. The second-order valence-corrected chi connectivity index (χ2v) is 8.80. The van der Waals surface area contributed by atoms with Gasteiger partial charge in [-0.2, -0.15) is 0 Å². The number of benzene rings is 1. The fourth-order valence-electron chi connectivity index (χ4n) is 3.41. The highest BCUT2D eigenvalue weighted by atomic mass is 35.5. The summed E-state index contributed by atoms with van der Waals surface area (Å²) in [4.78, 5) is 27.0. The number of nitrogens with zero attached hydrogens (tertiary/aromatic N) is 4. The van der Waals surface area contributed by atoms with E-state index in [1.54, 1.807) is 29.5 Å². The maximum absolute atomic E-state index is 14.4. The van der Waals surface area contributed by atoms with Gasteiger partial charge in [0.1, 0.15) is 17.0 Å². The quantitative estimate of drug-likeness (QED) is 0.595. The van der Waals surface area contributed by atoms with Crippen molar-refractivity contribution in [2.75, 3.05) is 32.5 Å². The molecule has 1 aliphatic heterocycles. The van der Waals surface area contributed by atoms with Crippen LogP contribution in [0.4, 0.5) is 15.9 Å². The lowest BCUT2D eigenvalue weighted by molar-refractivity contribution is -0.126. The Morgan fingerprint density at radius 1 is 1.40 bits per heavy atom. The van der Waals surface area contributed by atoms with Crippen molar-refractivity contribution in [2.24, 2.45) is 0 Å². The molecule has 2 aromatic heterocycles. The summed E-state index contributed by atoms with van der Waals surface area (Å²) in [7, 11) is 3.92. The molecule has 0 fully saturated rings. The fraction of sp³-hybridized carbons (Fsp3) is 0.286. The zero-order valence-corrected chi connectivity index (χ0v) is 18.2. The number of hydrogen-bond donors (Lipinski definition) is 1. The zero-order valence-electron chi connectivity index (χ0n) is 16.7. The second-order valence-electron chi connectivity index (χ2n) is 7.31. The number of carbonyl (C=O) groups excluding carboxylic acids is 1. The van der Waals surface area contributed by atoms with Gasteiger partial charge in [0.25, 0.3) is 0 Å². The molecule has 9 heteroatoms. The minimum atomic E-state index is -0.517. The third-order valence-corrected chi connectivity index (χ3v) is 6.30. The van der Waals surface area contributed by atoms with Gasteiger partial charge in [-0.1, -0.05) is 23.7 Å². The van der Waals surface area contributed by atoms with Crippen molar-refractivity contribution in [3.05, 3.63) is 58.0 Å². The lowest BCUT2D eigenvalue weighted by Gasteiger charge is -2.26. The van der Waals surface area contributed by atoms with Gasteiger partial charge in [0.2, 0.25) is 5.91 Å². The molecule has 0 saturated heterocycles. The third kappa shape index (κ3) is 4.16. The summed E-state index contributed by atoms with van der Waals surface area (Å²) in [5.74, 6) is 0.0334. The molecular weight excluding hydrogens is 425 g/mol. The van der Waals surface area contributed by atoms with Gasteiger partial charge in [-0.15, -0.1) is 11.3 Å². The van der Waals surface area contributed by atoms with Crippen LogP contribution in [0.5, 0.6) is 0 Å². The molecule has 6 nitrogen and oxygen atoms in total. The van der Waals surface area contributed by atoms with Crippen molar-refractivity contribution in [1.82, 2.24) is 19.8 Å². The normalized spacial score (nSPS) is 14.0. The summed E-state index contributed by atoms with van der Waals surface area (Å²) in [5.41, 5.74) is 1.38. The van der Waals surface area contributed by atoms with Crippen molar-refractivity contribution in [2.45, 2.75) is 13.0 Å². The smallest absolute Gasteiger partial charge is 0.246 e. The van der Waals surface area contributed by atoms with E-state index in [1.807, 2.05) is 30.0 Å². The Balaban J connectivity index is 1.61. The van der Waals surface area contributed by atoms with Crippen LogP contribution in [0.3, 0.4) is 0 Å². The van der Waals surface area contributed by atoms with Crippen LogP contribution in [0.25, 0.3) is 10.2 Å². The van der Waals surface area contributed by atoms with E-state index in [0.29, 0.717) is 25.3 Å². The molecule has 0 bridgehead atoms. The number of hydrogen-bond acceptors (Lipinski definition) is 6. The van der Waals surface area contributed by atoms with Crippen LogP contribution in [0.2, 0.25) is 5.02 Å². The Hall–Kier alpha value is -2.55. The minimum absolute atomic E-state index is 0.00499. The third-order valence-electron chi connectivity index (χ3n) is 4.88. The van der Waals surface area contributed by atoms with Gasteiger partial charge in [-0.25, -0.2) is 14.4 Å². The Morgan fingerprint density at radius 2 is 2.23 bits per heavy atom. The summed E-state index contributed by atoms with van der Waals surface area (Å²) < 4.78 is 14.4. The van der Waals surface area contributed by atoms with Crippen LogP contribution in [0, 0.1) is 5.82 Å². The first-order valence-corrected chi connectivity index (χ1v) is 10.7. The maximum Gasteiger partial charge on any atom is 0.246 e. The largest absolute Gasteiger partial charge is 0.337 e. The Labute approximate surface area is 183 Å². The number of likely N-dealkylation sites (N-methyl/N-ethyl adjacent to an activating group) is 1. The van der Waals surface area contributed by atoms with Crippen molar-refractivity contribution in [1.29, 1.82) is 0 Å². The number of fused-ring (bicyclic) bond motifs is 3. The molecule has 1 amide bonds. The molecular formula is C21H21ClFN5OS. The zero-order chi connectivity index (χ0) is 21.3. The monoisotopic (exact) mass is 445 g/mol. The standard InChI is InChI=1S/C21H21ClFN5OS/c1-27(2)9-4-7-17(29)28-10-8-13-16(11-28)30-21-18(13)20(24-12-25-21)26-15-6-3-5-14(22)19(15)23/h3-7,12H,8-11H2,1-2H3,(H,24,25,26)/b7-4+. The number of rotatable bonds is 5. The summed E-state index contributed by atoms with van der Waals surface area (Å²) in [5, 5.41) is 4.00. The van der Waals surface area contributed by atoms with E-state index >= 15 is 0 Å². The molecule has 0 atom stereocenters. The van der Waals surface area contributed by atoms with E-state index in [-0.39, 0.29) is 16.6 Å². The van der Waals surface area contributed by atoms with Crippen LogP contribution in [-0.2, 0) is 17.8 Å². The highest BCUT2D eigenvalue weighted by Crippen LogP contribution is 2.38. The van der Waals surface area contributed by atoms with Crippen LogP contribution >= 0.6 is 22.9 Å². The first kappa shape index (κ1) is 20.7. The van der Waals surface area contributed by atoms with Gasteiger partial charge in [0, 0.05) is 24.0 Å². The van der Waals surface area contributed by atoms with Crippen molar-refractivity contribution in [3.63, 3.8) is 0 Å². The lowest BCUT2D eigenvalue weighted by atomic mass is 10.0. The number of anilines is 2. The summed E-state index contributed by atoms with van der Waals surface area (Å²) in [6, 6.07) is 4.81. The molecule has 3 aromatic rings. The van der Waals surface area contributed by atoms with Crippen LogP contribution in [0.1, 0.15) is 10.4 Å². The van der Waals surface area contributed by atoms with Gasteiger partial charge in [-0.3, -0.25) is 4.79 Å². The summed E-state index contributed by atoms with van der Waals surface area (Å²) >= 11 is 7.44. The van der Waals surface area contributed by atoms with Gasteiger partial charge in [0.05, 0.1) is 22.6 Å². The first-order chi connectivity index (χ1) is 14.4. The average Bonchev–Trinajstić information content (AvgIpc) is 3.09. The van der Waals surface area contributed by atoms with E-state index in [4.69, 9.17) is 11.6 Å². The van der Waals surface area contributed by atoms with Crippen LogP contribution in [-0.4, -0.2) is 52.9 Å². The number of amides is 1. The van der Waals surface area contributed by atoms with Crippen molar-refractivity contribution >= 4 is 50.6 Å². The molecule has 0 spiro atoms. The number of nitrogens with one attached hydrogen (secondary N) is 1. The van der Waals surface area contributed by atoms with E-state index < -0.39 is 5.82 Å². The highest BCUT2D eigenvalue weighted by molar-refractivity contribution is 7.19. The minimum Gasteiger partial charge on any atom is -0.337 e. The molecule has 1 aromatic carbocycles. The van der Waals surface area contributed by atoms with Crippen LogP contribution in [0.15, 0.2) is 36.7 Å². The number of halogens is 2. The molecule has 4 rings (SSSR count). The van der Waals surface area contributed by atoms with Gasteiger partial charge in [-0.05, 0) is 38.2 Å². The Bertz CT molecular complexity index is 1130. The van der Waals surface area contributed by atoms with Crippen molar-refractivity contribution in [3.8, 4) is 0 Å². The lowest BCUT2D eigenvalue weighted by Crippen LogP contribution is -2.34. The molecule has 3 heterocycles. The van der Waals surface area contributed by atoms with Crippen molar-refractivity contribution < 1.29 is 9.18 Å². The molecule has 0 radical (unpaired) electrons. The van der Waals surface area contributed by atoms with E-state index in [0.717, 1.165) is 27.2 Å². The Morgan fingerprint density at radius 3 is 3.03 bits per heavy atom. The average molecular weight is 446 g/mol. The molecule has 0 unspecified atom stereocenters. The number of aromatic nitrogens is 2.